The fourth-order valence-electron chi connectivity index (χ4n) is 2.49. The molecule has 4 heteroatoms. The molecular formula is C13H23N3O. The summed E-state index contributed by atoms with van der Waals surface area (Å²) in [5.41, 5.74) is 0. The van der Waals surface area contributed by atoms with E-state index in [-0.39, 0.29) is 6.04 Å². The third-order valence-electron chi connectivity index (χ3n) is 3.72. The molecule has 1 N–H and O–H groups in total. The molecule has 1 saturated heterocycles. The number of nitriles is 1. The van der Waals surface area contributed by atoms with Crippen molar-refractivity contribution in [2.24, 2.45) is 5.92 Å². The molecule has 1 atom stereocenters. The lowest BCUT2D eigenvalue weighted by atomic mass is 9.97. The van der Waals surface area contributed by atoms with Gasteiger partial charge in [0.05, 0.1) is 6.07 Å². The van der Waals surface area contributed by atoms with Crippen molar-refractivity contribution in [3.05, 3.63) is 0 Å². The lowest BCUT2D eigenvalue weighted by Gasteiger charge is -2.32. The second kappa shape index (κ2) is 6.34. The van der Waals surface area contributed by atoms with Gasteiger partial charge in [0.25, 0.3) is 0 Å². The van der Waals surface area contributed by atoms with Crippen LogP contribution >= 0.6 is 0 Å². The van der Waals surface area contributed by atoms with E-state index in [1.54, 1.807) is 7.11 Å². The number of rotatable bonds is 6. The summed E-state index contributed by atoms with van der Waals surface area (Å²) in [5.74, 6) is 0.716. The van der Waals surface area contributed by atoms with Crippen molar-refractivity contribution in [3.63, 3.8) is 0 Å². The predicted octanol–water partition coefficient (Wildman–Crippen LogP) is 0.989. The van der Waals surface area contributed by atoms with E-state index < -0.39 is 0 Å². The van der Waals surface area contributed by atoms with E-state index in [4.69, 9.17) is 10.00 Å². The molecule has 2 fully saturated rings. The molecule has 0 aromatic heterocycles. The Labute approximate surface area is 104 Å². The van der Waals surface area contributed by atoms with Crippen LogP contribution in [-0.4, -0.2) is 50.3 Å². The van der Waals surface area contributed by atoms with Crippen LogP contribution < -0.4 is 5.32 Å². The van der Waals surface area contributed by atoms with Gasteiger partial charge in [-0.2, -0.15) is 5.26 Å². The minimum atomic E-state index is 0.0153. The number of hydrogen-bond donors (Lipinski definition) is 1. The zero-order valence-corrected chi connectivity index (χ0v) is 10.7. The zero-order valence-electron chi connectivity index (χ0n) is 10.7. The molecule has 0 radical (unpaired) electrons. The Balaban J connectivity index is 1.67. The third kappa shape index (κ3) is 4.27. The smallest absolute Gasteiger partial charge is 0.108 e. The number of piperidine rings is 1. The van der Waals surface area contributed by atoms with Crippen molar-refractivity contribution in [2.75, 3.05) is 33.4 Å². The Kier molecular flexibility index (Phi) is 4.78. The summed E-state index contributed by atoms with van der Waals surface area (Å²) in [6.45, 7) is 3.99. The van der Waals surface area contributed by atoms with Gasteiger partial charge in [0.2, 0.25) is 0 Å². The van der Waals surface area contributed by atoms with Crippen molar-refractivity contribution in [1.82, 2.24) is 10.2 Å². The molecule has 1 aliphatic carbocycles. The van der Waals surface area contributed by atoms with E-state index in [2.05, 4.69) is 16.3 Å². The molecule has 2 aliphatic rings. The van der Waals surface area contributed by atoms with Crippen LogP contribution in [0.4, 0.5) is 0 Å². The first-order chi connectivity index (χ1) is 8.31. The topological polar surface area (TPSA) is 48.3 Å². The van der Waals surface area contributed by atoms with Crippen LogP contribution in [0.15, 0.2) is 0 Å². The van der Waals surface area contributed by atoms with Crippen LogP contribution in [0.1, 0.15) is 25.7 Å². The first-order valence-electron chi connectivity index (χ1n) is 6.68. The second-order valence-corrected chi connectivity index (χ2v) is 5.32. The lowest BCUT2D eigenvalue weighted by molar-refractivity contribution is 0.0975. The van der Waals surface area contributed by atoms with E-state index in [0.29, 0.717) is 12.0 Å². The lowest BCUT2D eigenvalue weighted by Crippen LogP contribution is -2.44. The molecule has 2 rings (SSSR count). The average molecular weight is 237 g/mol. The van der Waals surface area contributed by atoms with Crippen LogP contribution in [0.2, 0.25) is 0 Å². The minimum Gasteiger partial charge on any atom is -0.384 e. The maximum atomic E-state index is 9.11. The Morgan fingerprint density at radius 2 is 2.06 bits per heavy atom. The highest BCUT2D eigenvalue weighted by Gasteiger charge is 2.27. The maximum absolute atomic E-state index is 9.11. The normalized spacial score (nSPS) is 24.5. The van der Waals surface area contributed by atoms with Gasteiger partial charge in [-0.05, 0) is 44.7 Å². The number of likely N-dealkylation sites (tertiary alicyclic amines) is 1. The van der Waals surface area contributed by atoms with Gasteiger partial charge in [-0.15, -0.1) is 0 Å². The summed E-state index contributed by atoms with van der Waals surface area (Å²) in [6, 6.07) is 3.01. The Hall–Kier alpha value is -0.630. The third-order valence-corrected chi connectivity index (χ3v) is 3.72. The monoisotopic (exact) mass is 237 g/mol. The van der Waals surface area contributed by atoms with Gasteiger partial charge in [0.1, 0.15) is 6.04 Å². The number of nitrogens with one attached hydrogen (secondary N) is 1. The fourth-order valence-corrected chi connectivity index (χ4v) is 2.49. The van der Waals surface area contributed by atoms with Gasteiger partial charge >= 0.3 is 0 Å². The number of methoxy groups -OCH3 is 1. The zero-order chi connectivity index (χ0) is 12.1. The Morgan fingerprint density at radius 3 is 2.59 bits per heavy atom. The van der Waals surface area contributed by atoms with E-state index >= 15 is 0 Å². The van der Waals surface area contributed by atoms with Crippen LogP contribution in [0.3, 0.4) is 0 Å². The molecule has 0 bridgehead atoms. The highest BCUT2D eigenvalue weighted by Crippen LogP contribution is 2.20. The van der Waals surface area contributed by atoms with Crippen molar-refractivity contribution in [2.45, 2.75) is 37.8 Å². The molecule has 0 amide bonds. The van der Waals surface area contributed by atoms with Gasteiger partial charge in [0, 0.05) is 26.3 Å². The van der Waals surface area contributed by atoms with Crippen molar-refractivity contribution in [3.8, 4) is 6.07 Å². The average Bonchev–Trinajstić information content (AvgIpc) is 3.15. The van der Waals surface area contributed by atoms with Gasteiger partial charge in [0.15, 0.2) is 0 Å². The summed E-state index contributed by atoms with van der Waals surface area (Å²) in [4.78, 5) is 2.41. The molecule has 17 heavy (non-hydrogen) atoms. The fraction of sp³-hybridized carbons (Fsp3) is 0.923. The van der Waals surface area contributed by atoms with Gasteiger partial charge in [-0.3, -0.25) is 5.32 Å². The van der Waals surface area contributed by atoms with Crippen LogP contribution in [0.5, 0.6) is 0 Å². The van der Waals surface area contributed by atoms with Crippen molar-refractivity contribution < 1.29 is 4.74 Å². The van der Waals surface area contributed by atoms with Crippen LogP contribution in [0, 0.1) is 17.2 Å². The summed E-state index contributed by atoms with van der Waals surface area (Å²) < 4.78 is 5.20. The molecular weight excluding hydrogens is 214 g/mol. The number of nitrogens with zero attached hydrogens (tertiary/aromatic N) is 2. The summed E-state index contributed by atoms with van der Waals surface area (Å²) >= 11 is 0. The van der Waals surface area contributed by atoms with E-state index in [9.17, 15) is 0 Å². The van der Waals surface area contributed by atoms with Gasteiger partial charge in [-0.1, -0.05) is 0 Å². The maximum Gasteiger partial charge on any atom is 0.108 e. The van der Waals surface area contributed by atoms with E-state index in [1.807, 2.05) is 0 Å². The molecule has 0 aromatic rings. The highest BCUT2D eigenvalue weighted by molar-refractivity contribution is 4.97. The molecule has 0 spiro atoms. The predicted molar refractivity (Wildman–Crippen MR) is 66.6 cm³/mol. The first kappa shape index (κ1) is 12.8. The molecule has 0 aromatic carbocycles. The summed E-state index contributed by atoms with van der Waals surface area (Å²) in [5, 5.41) is 12.5. The van der Waals surface area contributed by atoms with E-state index in [1.165, 1.54) is 25.7 Å². The second-order valence-electron chi connectivity index (χ2n) is 5.32. The molecule has 1 aliphatic heterocycles. The minimum absolute atomic E-state index is 0.0153. The molecule has 1 unspecified atom stereocenters. The van der Waals surface area contributed by atoms with Crippen molar-refractivity contribution in [1.29, 1.82) is 5.26 Å². The standard InChI is InChI=1S/C13H23N3O/c1-17-10-11-4-6-16(7-5-11)9-13(8-14)15-12-2-3-12/h11-13,15H,2-7,9-10H2,1H3. The summed E-state index contributed by atoms with van der Waals surface area (Å²) in [6.07, 6.45) is 4.90. The number of ether oxygens (including phenoxy) is 1. The Morgan fingerprint density at radius 1 is 1.35 bits per heavy atom. The van der Waals surface area contributed by atoms with Gasteiger partial charge < -0.3 is 9.64 Å². The van der Waals surface area contributed by atoms with E-state index in [0.717, 1.165) is 26.2 Å². The summed E-state index contributed by atoms with van der Waals surface area (Å²) in [7, 11) is 1.78. The molecule has 96 valence electrons. The largest absolute Gasteiger partial charge is 0.384 e. The van der Waals surface area contributed by atoms with Crippen LogP contribution in [0.25, 0.3) is 0 Å². The molecule has 4 nitrogen and oxygen atoms in total. The van der Waals surface area contributed by atoms with Gasteiger partial charge in [-0.25, -0.2) is 0 Å². The molecule has 1 saturated carbocycles. The SMILES string of the molecule is COCC1CCN(CC(C#N)NC2CC2)CC1. The highest BCUT2D eigenvalue weighted by atomic mass is 16.5. The van der Waals surface area contributed by atoms with Crippen molar-refractivity contribution >= 4 is 0 Å². The number of hydrogen-bond acceptors (Lipinski definition) is 4. The van der Waals surface area contributed by atoms with Crippen LogP contribution in [-0.2, 0) is 4.74 Å². The quantitative estimate of drug-likeness (QED) is 0.748. The molecule has 1 heterocycles. The first-order valence-corrected chi connectivity index (χ1v) is 6.68. The Bertz CT molecular complexity index is 264.